The molecule has 0 radical (unpaired) electrons. The van der Waals surface area contributed by atoms with E-state index in [-0.39, 0.29) is 112 Å². The third kappa shape index (κ3) is 14.8. The van der Waals surface area contributed by atoms with Crippen molar-refractivity contribution < 1.29 is 129 Å². The van der Waals surface area contributed by atoms with Gasteiger partial charge < -0.3 is 14.4 Å². The van der Waals surface area contributed by atoms with Crippen LogP contribution >= 0.6 is 12.0 Å². The second-order valence-corrected chi connectivity index (χ2v) is 12.9. The normalized spacial score (nSPS) is 15.4. The minimum absolute atomic E-state index is 0. The first-order valence-electron chi connectivity index (χ1n) is 12.6. The maximum absolute atomic E-state index is 11.5. The summed E-state index contributed by atoms with van der Waals surface area (Å²) in [5.74, 6) is 0. The summed E-state index contributed by atoms with van der Waals surface area (Å²) in [5, 5.41) is 13.6. The summed E-state index contributed by atoms with van der Waals surface area (Å²) >= 11 is 0.763. The summed E-state index contributed by atoms with van der Waals surface area (Å²) in [6.45, 7) is 4.47. The standard InChI is InChI=1S/C24H30N6O9S3.3Na/c31-38-39-40-22-1-4-25-19(13-22)16-28-7-9-29(17-20-14-23(2-5-26-20)41(32,33)34)11-12-30(10-8-28)18-21-15-24(3-6-27-21)42(35,36)37;;;/h1-6,13-15,31H,7-12,16-18H2,(H,32,33,34)(H,35,36,37);;;/q;3*+1/p-3. The van der Waals surface area contributed by atoms with Crippen molar-refractivity contribution in [1.29, 1.82) is 0 Å². The maximum atomic E-state index is 11.5. The average Bonchev–Trinajstić information content (AvgIpc) is 3.03. The fraction of sp³-hybridized carbons (Fsp3) is 0.375. The van der Waals surface area contributed by atoms with E-state index in [0.29, 0.717) is 62.1 Å². The van der Waals surface area contributed by atoms with E-state index in [2.05, 4.69) is 39.0 Å². The summed E-state index contributed by atoms with van der Waals surface area (Å²) in [4.78, 5) is 19.1. The van der Waals surface area contributed by atoms with E-state index in [1.165, 1.54) is 24.5 Å². The SMILES string of the molecule is O=S(=O)([O-])c1ccnc(CN2CCN(Cc3cc(SOO[O-])ccn3)CCN(Cc3cc(S(=O)(=O)[O-])ccn3)CC2)c1.[Na+].[Na+].[Na+]. The van der Waals surface area contributed by atoms with Crippen LogP contribution in [0.2, 0.25) is 0 Å². The molecule has 0 N–H and O–H groups in total. The molecule has 15 nitrogen and oxygen atoms in total. The van der Waals surface area contributed by atoms with Gasteiger partial charge in [-0.05, 0) is 36.4 Å². The smallest absolute Gasteiger partial charge is 0.744 e. The van der Waals surface area contributed by atoms with Crippen LogP contribution in [-0.2, 0) is 49.2 Å². The quantitative estimate of drug-likeness (QED) is 0.0597. The third-order valence-corrected chi connectivity index (χ3v) is 8.69. The Hall–Kier alpha value is 0.380. The molecule has 3 aromatic rings. The fourth-order valence-electron chi connectivity index (χ4n) is 4.39. The van der Waals surface area contributed by atoms with Crippen LogP contribution in [0.3, 0.4) is 0 Å². The van der Waals surface area contributed by atoms with Crippen LogP contribution in [0.4, 0.5) is 0 Å². The van der Waals surface area contributed by atoms with Gasteiger partial charge in [0.25, 0.3) is 0 Å². The molecule has 0 atom stereocenters. The molecular weight excluding hydrogens is 681 g/mol. The first-order valence-corrected chi connectivity index (χ1v) is 16.1. The van der Waals surface area contributed by atoms with E-state index in [1.54, 1.807) is 18.3 Å². The number of pyridine rings is 3. The molecule has 0 aliphatic carbocycles. The maximum Gasteiger partial charge on any atom is 1.00 e. The first-order chi connectivity index (χ1) is 20.0. The Bertz CT molecular complexity index is 1490. The van der Waals surface area contributed by atoms with Gasteiger partial charge in [-0.1, -0.05) is 0 Å². The van der Waals surface area contributed by atoms with Crippen molar-refractivity contribution in [3.63, 3.8) is 0 Å². The number of nitrogens with zero attached hydrogens (tertiary/aromatic N) is 6. The molecule has 1 saturated heterocycles. The van der Waals surface area contributed by atoms with Crippen LogP contribution < -0.4 is 93.9 Å². The molecule has 228 valence electrons. The summed E-state index contributed by atoms with van der Waals surface area (Å²) in [6, 6.07) is 8.29. The average molecular weight is 709 g/mol. The Morgan fingerprint density at radius 3 is 1.36 bits per heavy atom. The van der Waals surface area contributed by atoms with Gasteiger partial charge in [-0.2, -0.15) is 4.33 Å². The van der Waals surface area contributed by atoms with Crippen molar-refractivity contribution in [2.75, 3.05) is 39.3 Å². The van der Waals surface area contributed by atoms with Crippen molar-refractivity contribution in [1.82, 2.24) is 29.7 Å². The van der Waals surface area contributed by atoms with E-state index < -0.39 is 20.2 Å². The topological polar surface area (TPSA) is 204 Å². The molecule has 3 aromatic heterocycles. The summed E-state index contributed by atoms with van der Waals surface area (Å²) in [7, 11) is -9.27. The molecule has 1 fully saturated rings. The van der Waals surface area contributed by atoms with Gasteiger partial charge in [0.05, 0.1) is 38.9 Å². The third-order valence-electron chi connectivity index (χ3n) is 6.45. The van der Waals surface area contributed by atoms with Gasteiger partial charge in [-0.15, -0.1) is 0 Å². The van der Waals surface area contributed by atoms with E-state index in [4.69, 9.17) is 0 Å². The second kappa shape index (κ2) is 20.8. The molecule has 0 saturated carbocycles. The van der Waals surface area contributed by atoms with Gasteiger partial charge in [-0.25, -0.2) is 16.8 Å². The van der Waals surface area contributed by atoms with Gasteiger partial charge in [0, 0.05) is 82.4 Å². The van der Waals surface area contributed by atoms with Crippen molar-refractivity contribution >= 4 is 32.3 Å². The number of hydrogen-bond acceptors (Lipinski definition) is 16. The zero-order chi connectivity index (χ0) is 30.2. The zero-order valence-corrected chi connectivity index (χ0v) is 33.6. The molecule has 0 amide bonds. The van der Waals surface area contributed by atoms with Gasteiger partial charge in [0.1, 0.15) is 20.2 Å². The van der Waals surface area contributed by atoms with Gasteiger partial charge in [-0.3, -0.25) is 34.7 Å². The molecule has 0 bridgehead atoms. The molecule has 45 heavy (non-hydrogen) atoms. The Morgan fingerprint density at radius 2 is 1.00 bits per heavy atom. The largest absolute Gasteiger partial charge is 1.00 e. The number of aromatic nitrogens is 3. The molecule has 0 aromatic carbocycles. The zero-order valence-electron chi connectivity index (χ0n) is 25.1. The first kappa shape index (κ1) is 43.4. The minimum atomic E-state index is -4.64. The van der Waals surface area contributed by atoms with Gasteiger partial charge in [0.2, 0.25) is 0 Å². The monoisotopic (exact) mass is 708 g/mol. The predicted molar refractivity (Wildman–Crippen MR) is 142 cm³/mol. The molecule has 1 aliphatic rings. The van der Waals surface area contributed by atoms with Crippen molar-refractivity contribution in [3.8, 4) is 0 Å². The Morgan fingerprint density at radius 1 is 0.644 bits per heavy atom. The summed E-state index contributed by atoms with van der Waals surface area (Å²) in [5.41, 5.74) is 1.56. The summed E-state index contributed by atoms with van der Waals surface area (Å²) in [6.07, 6.45) is 4.16. The van der Waals surface area contributed by atoms with Crippen molar-refractivity contribution in [2.45, 2.75) is 34.3 Å². The molecular formula is C24H27N6Na3O9S3. The van der Waals surface area contributed by atoms with Crippen LogP contribution in [0.1, 0.15) is 17.1 Å². The van der Waals surface area contributed by atoms with Crippen molar-refractivity contribution in [3.05, 3.63) is 72.1 Å². The van der Waals surface area contributed by atoms with Crippen LogP contribution in [0, 0.1) is 0 Å². The number of hydrogen-bond donors (Lipinski definition) is 0. The summed E-state index contributed by atoms with van der Waals surface area (Å²) < 4.78 is 73.5. The number of rotatable bonds is 11. The Labute approximate surface area is 332 Å². The van der Waals surface area contributed by atoms with E-state index >= 15 is 0 Å². The molecule has 4 rings (SSSR count). The van der Waals surface area contributed by atoms with Gasteiger partial charge >= 0.3 is 88.7 Å². The van der Waals surface area contributed by atoms with Gasteiger partial charge in [0.15, 0.2) is 0 Å². The minimum Gasteiger partial charge on any atom is -0.744 e. The van der Waals surface area contributed by atoms with E-state index in [1.807, 2.05) is 0 Å². The molecule has 4 heterocycles. The predicted octanol–water partition coefficient (Wildman–Crippen LogP) is -9.26. The molecule has 21 heteroatoms. The fourth-order valence-corrected chi connectivity index (χ4v) is 5.81. The van der Waals surface area contributed by atoms with Crippen LogP contribution in [0.25, 0.3) is 0 Å². The van der Waals surface area contributed by atoms with Crippen LogP contribution in [-0.4, -0.2) is 94.9 Å². The Kier molecular flexibility index (Phi) is 20.1. The van der Waals surface area contributed by atoms with Crippen LogP contribution in [0.5, 0.6) is 0 Å². The Balaban J connectivity index is 0.00000337. The van der Waals surface area contributed by atoms with Crippen LogP contribution in [0.15, 0.2) is 69.7 Å². The molecule has 1 aliphatic heterocycles. The van der Waals surface area contributed by atoms with E-state index in [0.717, 1.165) is 29.9 Å². The van der Waals surface area contributed by atoms with E-state index in [9.17, 15) is 31.2 Å². The second-order valence-electron chi connectivity index (χ2n) is 9.40. The molecule has 0 unspecified atom stereocenters. The van der Waals surface area contributed by atoms with Crippen molar-refractivity contribution in [2.24, 2.45) is 0 Å². The molecule has 0 spiro atoms.